The van der Waals surface area contributed by atoms with Crippen molar-refractivity contribution < 1.29 is 39.3 Å². The lowest BCUT2D eigenvalue weighted by Crippen LogP contribution is -2.59. The number of carbonyl (C=O) groups excluding carboxylic acids is 3. The quantitative estimate of drug-likeness (QED) is 0.185. The van der Waals surface area contributed by atoms with E-state index in [0.29, 0.717) is 5.56 Å². The van der Waals surface area contributed by atoms with Crippen molar-refractivity contribution in [3.8, 4) is 0 Å². The van der Waals surface area contributed by atoms with Crippen molar-refractivity contribution in [2.45, 2.75) is 44.0 Å². The van der Waals surface area contributed by atoms with Crippen molar-refractivity contribution in [1.82, 2.24) is 16.0 Å². The number of carboxylic acid groups (broad SMARTS) is 2. The highest BCUT2D eigenvalue weighted by atomic mass is 16.4. The Morgan fingerprint density at radius 2 is 1.55 bits per heavy atom. The SMILES string of the molecule is CC(O)C(NC(=O)C(Cc1ccccc1)NC(=O)C(N)CC(=O)O)C(=O)NCC(=O)O. The first-order chi connectivity index (χ1) is 14.5. The summed E-state index contributed by atoms with van der Waals surface area (Å²) >= 11 is 0. The predicted octanol–water partition coefficient (Wildman–Crippen LogP) is -2.42. The summed E-state index contributed by atoms with van der Waals surface area (Å²) in [5.74, 6) is -5.28. The van der Waals surface area contributed by atoms with E-state index in [1.54, 1.807) is 30.3 Å². The van der Waals surface area contributed by atoms with Crippen LogP contribution in [0.1, 0.15) is 18.9 Å². The smallest absolute Gasteiger partial charge is 0.322 e. The van der Waals surface area contributed by atoms with Gasteiger partial charge in [-0.25, -0.2) is 0 Å². The molecule has 0 aromatic heterocycles. The molecule has 3 amide bonds. The fourth-order valence-electron chi connectivity index (χ4n) is 2.55. The van der Waals surface area contributed by atoms with Gasteiger partial charge in [-0.15, -0.1) is 0 Å². The molecule has 0 spiro atoms. The molecule has 1 aromatic carbocycles. The van der Waals surface area contributed by atoms with Crippen LogP contribution in [0.25, 0.3) is 0 Å². The Morgan fingerprint density at radius 1 is 0.935 bits per heavy atom. The van der Waals surface area contributed by atoms with Gasteiger partial charge in [0.25, 0.3) is 0 Å². The molecule has 31 heavy (non-hydrogen) atoms. The Hall–Kier alpha value is -3.51. The number of aliphatic carboxylic acids is 2. The first kappa shape index (κ1) is 25.5. The monoisotopic (exact) mass is 438 g/mol. The molecule has 0 fully saturated rings. The largest absolute Gasteiger partial charge is 0.481 e. The van der Waals surface area contributed by atoms with E-state index in [-0.39, 0.29) is 6.42 Å². The van der Waals surface area contributed by atoms with E-state index in [0.717, 1.165) is 0 Å². The van der Waals surface area contributed by atoms with Gasteiger partial charge in [-0.2, -0.15) is 0 Å². The number of amides is 3. The molecule has 0 heterocycles. The van der Waals surface area contributed by atoms with E-state index in [1.165, 1.54) is 6.92 Å². The van der Waals surface area contributed by atoms with Gasteiger partial charge in [-0.05, 0) is 12.5 Å². The second kappa shape index (κ2) is 12.2. The van der Waals surface area contributed by atoms with E-state index < -0.39 is 66.9 Å². The number of nitrogens with two attached hydrogens (primary N) is 1. The zero-order valence-corrected chi connectivity index (χ0v) is 16.8. The van der Waals surface area contributed by atoms with Crippen molar-refractivity contribution in [2.24, 2.45) is 5.73 Å². The minimum absolute atomic E-state index is 0.0124. The molecule has 0 radical (unpaired) electrons. The van der Waals surface area contributed by atoms with Crippen LogP contribution in [0, 0.1) is 0 Å². The van der Waals surface area contributed by atoms with Gasteiger partial charge in [0.2, 0.25) is 17.7 Å². The molecular weight excluding hydrogens is 412 g/mol. The maximum atomic E-state index is 12.8. The number of benzene rings is 1. The average Bonchev–Trinajstić information content (AvgIpc) is 2.69. The Labute approximate surface area is 177 Å². The van der Waals surface area contributed by atoms with Gasteiger partial charge in [0, 0.05) is 6.42 Å². The number of nitrogens with one attached hydrogen (secondary N) is 3. The fraction of sp³-hybridized carbons (Fsp3) is 0.421. The molecule has 12 nitrogen and oxygen atoms in total. The predicted molar refractivity (Wildman–Crippen MR) is 107 cm³/mol. The van der Waals surface area contributed by atoms with Crippen molar-refractivity contribution in [3.63, 3.8) is 0 Å². The van der Waals surface area contributed by atoms with E-state index in [1.807, 2.05) is 0 Å². The van der Waals surface area contributed by atoms with Gasteiger partial charge in [-0.3, -0.25) is 24.0 Å². The van der Waals surface area contributed by atoms with Crippen LogP contribution in [0.4, 0.5) is 0 Å². The molecule has 0 bridgehead atoms. The minimum Gasteiger partial charge on any atom is -0.481 e. The zero-order chi connectivity index (χ0) is 23.6. The highest BCUT2D eigenvalue weighted by Gasteiger charge is 2.31. The number of carboxylic acids is 2. The molecule has 8 N–H and O–H groups in total. The first-order valence-corrected chi connectivity index (χ1v) is 9.30. The molecule has 0 aliphatic carbocycles. The molecule has 170 valence electrons. The number of carbonyl (C=O) groups is 5. The first-order valence-electron chi connectivity index (χ1n) is 9.30. The van der Waals surface area contributed by atoms with E-state index in [2.05, 4.69) is 16.0 Å². The number of hydrogen-bond acceptors (Lipinski definition) is 7. The summed E-state index contributed by atoms with van der Waals surface area (Å²) in [5.41, 5.74) is 6.19. The number of aliphatic hydroxyl groups is 1. The maximum Gasteiger partial charge on any atom is 0.322 e. The third kappa shape index (κ3) is 9.23. The molecule has 0 saturated carbocycles. The Kier molecular flexibility index (Phi) is 10.1. The third-order valence-electron chi connectivity index (χ3n) is 4.12. The number of hydrogen-bond donors (Lipinski definition) is 7. The lowest BCUT2D eigenvalue weighted by Gasteiger charge is -2.25. The van der Waals surface area contributed by atoms with Crippen LogP contribution in [-0.2, 0) is 30.4 Å². The van der Waals surface area contributed by atoms with E-state index >= 15 is 0 Å². The molecule has 1 aromatic rings. The Balaban J connectivity index is 2.99. The van der Waals surface area contributed by atoms with Crippen LogP contribution < -0.4 is 21.7 Å². The number of aliphatic hydroxyl groups excluding tert-OH is 1. The summed E-state index contributed by atoms with van der Waals surface area (Å²) in [5, 5.41) is 34.0. The van der Waals surface area contributed by atoms with Crippen LogP contribution in [0.2, 0.25) is 0 Å². The maximum absolute atomic E-state index is 12.8. The van der Waals surface area contributed by atoms with Crippen molar-refractivity contribution in [1.29, 1.82) is 0 Å². The molecule has 4 unspecified atom stereocenters. The molecule has 0 aliphatic heterocycles. The molecular formula is C19H26N4O8. The Bertz CT molecular complexity index is 799. The van der Waals surface area contributed by atoms with Crippen molar-refractivity contribution in [3.05, 3.63) is 35.9 Å². The summed E-state index contributed by atoms with van der Waals surface area (Å²) in [6, 6.07) is 4.40. The Morgan fingerprint density at radius 3 is 2.06 bits per heavy atom. The molecule has 12 heteroatoms. The fourth-order valence-corrected chi connectivity index (χ4v) is 2.55. The third-order valence-corrected chi connectivity index (χ3v) is 4.12. The summed E-state index contributed by atoms with van der Waals surface area (Å²) in [7, 11) is 0. The van der Waals surface area contributed by atoms with Crippen LogP contribution in [0.5, 0.6) is 0 Å². The topological polar surface area (TPSA) is 208 Å². The van der Waals surface area contributed by atoms with Gasteiger partial charge in [0.05, 0.1) is 18.6 Å². The summed E-state index contributed by atoms with van der Waals surface area (Å²) < 4.78 is 0. The summed E-state index contributed by atoms with van der Waals surface area (Å²) in [6.07, 6.45) is -2.04. The number of rotatable bonds is 12. The second-order valence-corrected chi connectivity index (χ2v) is 6.79. The lowest BCUT2D eigenvalue weighted by atomic mass is 10.0. The molecule has 4 atom stereocenters. The molecule has 0 aliphatic rings. The van der Waals surface area contributed by atoms with Gasteiger partial charge in [0.15, 0.2) is 0 Å². The van der Waals surface area contributed by atoms with Gasteiger partial charge < -0.3 is 37.0 Å². The minimum atomic E-state index is -1.49. The second-order valence-electron chi connectivity index (χ2n) is 6.79. The van der Waals surface area contributed by atoms with E-state index in [4.69, 9.17) is 15.9 Å². The highest BCUT2D eigenvalue weighted by Crippen LogP contribution is 2.06. The van der Waals surface area contributed by atoms with Crippen LogP contribution in [-0.4, -0.2) is 75.8 Å². The summed E-state index contributed by atoms with van der Waals surface area (Å²) in [4.78, 5) is 58.6. The van der Waals surface area contributed by atoms with Gasteiger partial charge in [0.1, 0.15) is 18.6 Å². The van der Waals surface area contributed by atoms with Crippen LogP contribution in [0.3, 0.4) is 0 Å². The van der Waals surface area contributed by atoms with Crippen molar-refractivity contribution in [2.75, 3.05) is 6.54 Å². The zero-order valence-electron chi connectivity index (χ0n) is 16.8. The summed E-state index contributed by atoms with van der Waals surface area (Å²) in [6.45, 7) is 0.505. The van der Waals surface area contributed by atoms with Gasteiger partial charge >= 0.3 is 11.9 Å². The van der Waals surface area contributed by atoms with Crippen molar-refractivity contribution >= 4 is 29.7 Å². The lowest BCUT2D eigenvalue weighted by molar-refractivity contribution is -0.140. The van der Waals surface area contributed by atoms with E-state index in [9.17, 15) is 29.1 Å². The standard InChI is InChI=1S/C19H26N4O8/c1-10(24)16(19(31)21-9-15(27)28)23-18(30)13(7-11-5-3-2-4-6-11)22-17(29)12(20)8-14(25)26/h2-6,10,12-13,16,24H,7-9,20H2,1H3,(H,21,31)(H,22,29)(H,23,30)(H,25,26)(H,27,28). The normalized spacial score (nSPS) is 14.4. The molecule has 1 rings (SSSR count). The van der Waals surface area contributed by atoms with Gasteiger partial charge in [-0.1, -0.05) is 30.3 Å². The molecule has 0 saturated heterocycles. The van der Waals surface area contributed by atoms with Crippen LogP contribution in [0.15, 0.2) is 30.3 Å². The highest BCUT2D eigenvalue weighted by molar-refractivity contribution is 5.94. The van der Waals surface area contributed by atoms with Crippen LogP contribution >= 0.6 is 0 Å². The average molecular weight is 438 g/mol.